The summed E-state index contributed by atoms with van der Waals surface area (Å²) in [6, 6.07) is 16.5. The summed E-state index contributed by atoms with van der Waals surface area (Å²) < 4.78 is 6.46. The van der Waals surface area contributed by atoms with Crippen LogP contribution in [0.15, 0.2) is 48.5 Å². The van der Waals surface area contributed by atoms with Gasteiger partial charge in [-0.15, -0.1) is 0 Å². The Hall–Kier alpha value is -1.68. The molecular formula is C19H21NO2. The van der Waals surface area contributed by atoms with E-state index < -0.39 is 11.7 Å². The van der Waals surface area contributed by atoms with Gasteiger partial charge >= 0.3 is 0 Å². The summed E-state index contributed by atoms with van der Waals surface area (Å²) in [5.74, 6) is 0. The minimum atomic E-state index is -0.586. The summed E-state index contributed by atoms with van der Waals surface area (Å²) in [5, 5.41) is 14.0. The zero-order chi connectivity index (χ0) is 15.2. The molecule has 2 aliphatic heterocycles. The van der Waals surface area contributed by atoms with Crippen LogP contribution < -0.4 is 5.32 Å². The number of hydrogen-bond acceptors (Lipinski definition) is 3. The number of aliphatic hydroxyl groups excluding tert-OH is 1. The molecule has 0 saturated heterocycles. The molecule has 3 heteroatoms. The standard InChI is InChI=1S/C19H21NO2/c1-20-12-6-11-19-15-9-4-2-7-13(15)17(21)18(22-19)14-8-3-5-10-16(14)19/h2-5,7-10,17-18,20-21H,6,11-12H2,1H3/t17-,18-,19?/m1/s1. The van der Waals surface area contributed by atoms with Crippen LogP contribution in [-0.2, 0) is 10.3 Å². The molecule has 22 heavy (non-hydrogen) atoms. The lowest BCUT2D eigenvalue weighted by Gasteiger charge is -2.39. The van der Waals surface area contributed by atoms with Crippen molar-refractivity contribution in [2.75, 3.05) is 13.6 Å². The summed E-state index contributed by atoms with van der Waals surface area (Å²) in [4.78, 5) is 0. The van der Waals surface area contributed by atoms with Crippen molar-refractivity contribution in [2.45, 2.75) is 30.7 Å². The van der Waals surface area contributed by atoms with E-state index in [2.05, 4.69) is 29.6 Å². The van der Waals surface area contributed by atoms with Gasteiger partial charge in [-0.1, -0.05) is 48.5 Å². The number of aliphatic hydroxyl groups is 1. The highest BCUT2D eigenvalue weighted by Crippen LogP contribution is 2.58. The van der Waals surface area contributed by atoms with E-state index in [4.69, 9.17) is 4.74 Å². The summed E-state index contributed by atoms with van der Waals surface area (Å²) in [6.07, 6.45) is 1.12. The molecule has 0 radical (unpaired) electrons. The van der Waals surface area contributed by atoms with E-state index in [0.29, 0.717) is 0 Å². The van der Waals surface area contributed by atoms with Crippen molar-refractivity contribution in [3.8, 4) is 0 Å². The molecule has 0 fully saturated rings. The molecule has 2 N–H and O–H groups in total. The number of ether oxygens (including phenoxy) is 1. The molecule has 0 saturated carbocycles. The van der Waals surface area contributed by atoms with E-state index in [1.165, 1.54) is 5.56 Å². The Labute approximate surface area is 130 Å². The van der Waals surface area contributed by atoms with Gasteiger partial charge in [0.05, 0.1) is 0 Å². The van der Waals surface area contributed by atoms with Gasteiger partial charge < -0.3 is 15.2 Å². The maximum absolute atomic E-state index is 10.7. The zero-order valence-corrected chi connectivity index (χ0v) is 12.8. The van der Waals surface area contributed by atoms with E-state index in [9.17, 15) is 5.11 Å². The monoisotopic (exact) mass is 295 g/mol. The fourth-order valence-corrected chi connectivity index (χ4v) is 4.03. The number of nitrogens with one attached hydrogen (secondary N) is 1. The highest BCUT2D eigenvalue weighted by Gasteiger charge is 2.53. The van der Waals surface area contributed by atoms with Crippen molar-refractivity contribution < 1.29 is 9.84 Å². The van der Waals surface area contributed by atoms with Crippen molar-refractivity contribution >= 4 is 0 Å². The molecule has 3 atom stereocenters. The number of fused-ring (bicyclic) bond motifs is 7. The van der Waals surface area contributed by atoms with Crippen molar-refractivity contribution in [2.24, 2.45) is 0 Å². The highest BCUT2D eigenvalue weighted by atomic mass is 16.5. The van der Waals surface area contributed by atoms with Crippen LogP contribution in [0.2, 0.25) is 0 Å². The quantitative estimate of drug-likeness (QED) is 0.852. The Balaban J connectivity index is 1.90. The molecule has 2 aromatic rings. The maximum atomic E-state index is 10.7. The van der Waals surface area contributed by atoms with E-state index in [0.717, 1.165) is 36.1 Å². The summed E-state index contributed by atoms with van der Waals surface area (Å²) in [6.45, 7) is 0.961. The van der Waals surface area contributed by atoms with Gasteiger partial charge in [0.15, 0.2) is 0 Å². The predicted octanol–water partition coefficient (Wildman–Crippen LogP) is 3.05. The first-order valence-electron chi connectivity index (χ1n) is 7.97. The molecule has 0 amide bonds. The Bertz CT molecular complexity index is 699. The zero-order valence-electron chi connectivity index (χ0n) is 12.8. The van der Waals surface area contributed by atoms with E-state index in [-0.39, 0.29) is 6.10 Å². The van der Waals surface area contributed by atoms with Crippen LogP contribution in [0.1, 0.15) is 47.3 Å². The molecule has 2 heterocycles. The molecule has 0 aromatic heterocycles. The normalized spacial score (nSPS) is 28.3. The minimum Gasteiger partial charge on any atom is -0.385 e. The van der Waals surface area contributed by atoms with Crippen molar-refractivity contribution in [1.82, 2.24) is 5.32 Å². The summed E-state index contributed by atoms with van der Waals surface area (Å²) >= 11 is 0. The third-order valence-electron chi connectivity index (χ3n) is 4.99. The van der Waals surface area contributed by atoms with Crippen LogP contribution in [0.25, 0.3) is 0 Å². The lowest BCUT2D eigenvalue weighted by atomic mass is 9.80. The Kier molecular flexibility index (Phi) is 3.30. The molecule has 114 valence electrons. The SMILES string of the molecule is CNCCCC12O[C@H](c3ccccc31)[C@H](O)c1ccccc12. The lowest BCUT2D eigenvalue weighted by molar-refractivity contribution is -0.123. The van der Waals surface area contributed by atoms with Crippen LogP contribution in [0.3, 0.4) is 0 Å². The minimum absolute atomic E-state index is 0.249. The fourth-order valence-electron chi connectivity index (χ4n) is 4.03. The topological polar surface area (TPSA) is 41.5 Å². The molecule has 1 unspecified atom stereocenters. The Morgan fingerprint density at radius 1 is 1.05 bits per heavy atom. The second-order valence-electron chi connectivity index (χ2n) is 6.19. The van der Waals surface area contributed by atoms with Gasteiger partial charge in [-0.3, -0.25) is 0 Å². The summed E-state index contributed by atoms with van der Waals surface area (Å²) in [7, 11) is 1.97. The third kappa shape index (κ3) is 1.80. The van der Waals surface area contributed by atoms with Crippen molar-refractivity contribution in [3.63, 3.8) is 0 Å². The second-order valence-corrected chi connectivity index (χ2v) is 6.19. The molecule has 2 bridgehead atoms. The molecule has 0 aliphatic carbocycles. The van der Waals surface area contributed by atoms with Gasteiger partial charge in [-0.2, -0.15) is 0 Å². The van der Waals surface area contributed by atoms with E-state index in [1.807, 2.05) is 31.3 Å². The molecular weight excluding hydrogens is 274 g/mol. The second kappa shape index (κ2) is 5.20. The smallest absolute Gasteiger partial charge is 0.120 e. The molecule has 3 nitrogen and oxygen atoms in total. The first-order valence-corrected chi connectivity index (χ1v) is 7.97. The molecule has 2 aromatic carbocycles. The number of benzene rings is 2. The van der Waals surface area contributed by atoms with Gasteiger partial charge in [0.1, 0.15) is 17.8 Å². The van der Waals surface area contributed by atoms with Gasteiger partial charge in [0.25, 0.3) is 0 Å². The average molecular weight is 295 g/mol. The van der Waals surface area contributed by atoms with Crippen molar-refractivity contribution in [1.29, 1.82) is 0 Å². The fraction of sp³-hybridized carbons (Fsp3) is 0.368. The highest BCUT2D eigenvalue weighted by molar-refractivity contribution is 5.53. The van der Waals surface area contributed by atoms with Gasteiger partial charge in [-0.05, 0) is 48.7 Å². The Morgan fingerprint density at radius 3 is 2.41 bits per heavy atom. The van der Waals surface area contributed by atoms with E-state index in [1.54, 1.807) is 0 Å². The lowest BCUT2D eigenvalue weighted by Crippen LogP contribution is -2.34. The average Bonchev–Trinajstić information content (AvgIpc) is 2.87. The van der Waals surface area contributed by atoms with Crippen LogP contribution in [-0.4, -0.2) is 18.7 Å². The van der Waals surface area contributed by atoms with Crippen LogP contribution in [0.4, 0.5) is 0 Å². The third-order valence-corrected chi connectivity index (χ3v) is 4.99. The van der Waals surface area contributed by atoms with Crippen LogP contribution in [0, 0.1) is 0 Å². The first kappa shape index (κ1) is 13.9. The first-order chi connectivity index (χ1) is 10.8. The van der Waals surface area contributed by atoms with Crippen molar-refractivity contribution in [3.05, 3.63) is 70.8 Å². The van der Waals surface area contributed by atoms with Gasteiger partial charge in [0, 0.05) is 0 Å². The summed E-state index contributed by atoms with van der Waals surface area (Å²) in [5.41, 5.74) is 4.09. The van der Waals surface area contributed by atoms with Crippen LogP contribution in [0.5, 0.6) is 0 Å². The maximum Gasteiger partial charge on any atom is 0.120 e. The molecule has 2 aliphatic rings. The largest absolute Gasteiger partial charge is 0.385 e. The van der Waals surface area contributed by atoms with Gasteiger partial charge in [-0.25, -0.2) is 0 Å². The number of hydrogen-bond donors (Lipinski definition) is 2. The van der Waals surface area contributed by atoms with Gasteiger partial charge in [0.2, 0.25) is 0 Å². The molecule has 0 spiro atoms. The predicted molar refractivity (Wildman–Crippen MR) is 85.6 cm³/mol. The Morgan fingerprint density at radius 2 is 1.68 bits per heavy atom. The number of rotatable bonds is 4. The van der Waals surface area contributed by atoms with E-state index >= 15 is 0 Å². The van der Waals surface area contributed by atoms with Crippen LogP contribution >= 0.6 is 0 Å². The molecule has 4 rings (SSSR count).